The van der Waals surface area contributed by atoms with E-state index in [2.05, 4.69) is 22.8 Å². The third-order valence-corrected chi connectivity index (χ3v) is 4.06. The molecule has 0 spiro atoms. The van der Waals surface area contributed by atoms with Crippen molar-refractivity contribution in [3.05, 3.63) is 29.3 Å². The van der Waals surface area contributed by atoms with Gasteiger partial charge in [0.05, 0.1) is 12.5 Å². The van der Waals surface area contributed by atoms with Gasteiger partial charge >= 0.3 is 0 Å². The highest BCUT2D eigenvalue weighted by Gasteiger charge is 2.18. The zero-order chi connectivity index (χ0) is 13.8. The first-order valence-electron chi connectivity index (χ1n) is 7.55. The number of carbonyl (C=O) groups is 1. The SMILES string of the molecule is Cl.O=C(CC1CCCCO1)Nc1ccc2c(c1)CCNC2. The summed E-state index contributed by atoms with van der Waals surface area (Å²) in [6.45, 7) is 2.74. The summed E-state index contributed by atoms with van der Waals surface area (Å²) in [6.07, 6.45) is 4.90. The average molecular weight is 311 g/mol. The molecule has 4 nitrogen and oxygen atoms in total. The fourth-order valence-corrected chi connectivity index (χ4v) is 2.94. The largest absolute Gasteiger partial charge is 0.378 e. The van der Waals surface area contributed by atoms with E-state index in [1.54, 1.807) is 0 Å². The Kier molecular flexibility index (Phi) is 6.03. The molecule has 0 aliphatic carbocycles. The van der Waals surface area contributed by atoms with Crippen LogP contribution in [0.4, 0.5) is 5.69 Å². The highest BCUT2D eigenvalue weighted by atomic mass is 35.5. The lowest BCUT2D eigenvalue weighted by Gasteiger charge is -2.22. The molecule has 0 aromatic heterocycles. The predicted octanol–water partition coefficient (Wildman–Crippen LogP) is 2.65. The van der Waals surface area contributed by atoms with Crippen molar-refractivity contribution in [3.63, 3.8) is 0 Å². The molecule has 1 fully saturated rings. The van der Waals surface area contributed by atoms with Gasteiger partial charge in [0.2, 0.25) is 5.91 Å². The molecule has 5 heteroatoms. The Morgan fingerprint density at radius 1 is 1.33 bits per heavy atom. The number of rotatable bonds is 3. The number of hydrogen-bond donors (Lipinski definition) is 2. The van der Waals surface area contributed by atoms with Crippen LogP contribution in [0.5, 0.6) is 0 Å². The van der Waals surface area contributed by atoms with Crippen molar-refractivity contribution in [1.82, 2.24) is 5.32 Å². The summed E-state index contributed by atoms with van der Waals surface area (Å²) in [7, 11) is 0. The van der Waals surface area contributed by atoms with E-state index in [1.165, 1.54) is 17.5 Å². The molecular weight excluding hydrogens is 288 g/mol. The number of fused-ring (bicyclic) bond motifs is 1. The molecule has 1 saturated heterocycles. The lowest BCUT2D eigenvalue weighted by atomic mass is 10.0. The van der Waals surface area contributed by atoms with Crippen molar-refractivity contribution in [2.45, 2.75) is 44.8 Å². The third kappa shape index (κ3) is 4.43. The van der Waals surface area contributed by atoms with Crippen LogP contribution in [0, 0.1) is 0 Å². The summed E-state index contributed by atoms with van der Waals surface area (Å²) in [5, 5.41) is 6.35. The Morgan fingerprint density at radius 3 is 3.05 bits per heavy atom. The monoisotopic (exact) mass is 310 g/mol. The second kappa shape index (κ2) is 7.78. The minimum absolute atomic E-state index is 0. The summed E-state index contributed by atoms with van der Waals surface area (Å²) in [6, 6.07) is 6.20. The molecule has 21 heavy (non-hydrogen) atoms. The van der Waals surface area contributed by atoms with Crippen molar-refractivity contribution in [2.24, 2.45) is 0 Å². The summed E-state index contributed by atoms with van der Waals surface area (Å²) in [4.78, 5) is 12.0. The molecule has 1 amide bonds. The Morgan fingerprint density at radius 2 is 2.24 bits per heavy atom. The van der Waals surface area contributed by atoms with Crippen molar-refractivity contribution < 1.29 is 9.53 Å². The molecule has 0 saturated carbocycles. The zero-order valence-corrected chi connectivity index (χ0v) is 13.0. The van der Waals surface area contributed by atoms with E-state index >= 15 is 0 Å². The first-order chi connectivity index (χ1) is 9.81. The van der Waals surface area contributed by atoms with E-state index < -0.39 is 0 Å². The average Bonchev–Trinajstić information content (AvgIpc) is 2.48. The zero-order valence-electron chi connectivity index (χ0n) is 12.2. The normalized spacial score (nSPS) is 21.0. The first kappa shape index (κ1) is 16.3. The van der Waals surface area contributed by atoms with Gasteiger partial charge in [-0.15, -0.1) is 12.4 Å². The van der Waals surface area contributed by atoms with E-state index in [0.29, 0.717) is 6.42 Å². The van der Waals surface area contributed by atoms with Gasteiger partial charge in [0.25, 0.3) is 0 Å². The van der Waals surface area contributed by atoms with Crippen LogP contribution < -0.4 is 10.6 Å². The van der Waals surface area contributed by atoms with Gasteiger partial charge in [-0.3, -0.25) is 4.79 Å². The van der Waals surface area contributed by atoms with E-state index in [1.807, 2.05) is 6.07 Å². The van der Waals surface area contributed by atoms with E-state index in [-0.39, 0.29) is 24.4 Å². The number of ether oxygens (including phenoxy) is 1. The van der Waals surface area contributed by atoms with E-state index in [4.69, 9.17) is 4.74 Å². The van der Waals surface area contributed by atoms with Crippen molar-refractivity contribution in [1.29, 1.82) is 0 Å². The topological polar surface area (TPSA) is 50.4 Å². The fraction of sp³-hybridized carbons (Fsp3) is 0.562. The van der Waals surface area contributed by atoms with Gasteiger partial charge in [0.15, 0.2) is 0 Å². The molecule has 1 aromatic rings. The number of nitrogens with one attached hydrogen (secondary N) is 2. The number of carbonyl (C=O) groups excluding carboxylic acids is 1. The van der Waals surface area contributed by atoms with E-state index in [0.717, 1.165) is 44.6 Å². The van der Waals surface area contributed by atoms with Crippen LogP contribution in [-0.2, 0) is 22.5 Å². The van der Waals surface area contributed by atoms with Crippen molar-refractivity contribution in [2.75, 3.05) is 18.5 Å². The Balaban J connectivity index is 0.00000161. The van der Waals surface area contributed by atoms with Crippen LogP contribution in [0.1, 0.15) is 36.8 Å². The van der Waals surface area contributed by atoms with Crippen molar-refractivity contribution in [3.8, 4) is 0 Å². The number of anilines is 1. The van der Waals surface area contributed by atoms with Crippen LogP contribution in [0.2, 0.25) is 0 Å². The maximum absolute atomic E-state index is 12.0. The Bertz CT molecular complexity index is 487. The molecule has 1 atom stereocenters. The number of amides is 1. The molecule has 2 aliphatic rings. The lowest BCUT2D eigenvalue weighted by molar-refractivity contribution is -0.119. The minimum Gasteiger partial charge on any atom is -0.378 e. The molecule has 2 heterocycles. The van der Waals surface area contributed by atoms with Gasteiger partial charge in [-0.1, -0.05) is 6.07 Å². The van der Waals surface area contributed by atoms with E-state index in [9.17, 15) is 4.79 Å². The van der Waals surface area contributed by atoms with Gasteiger partial charge in [-0.25, -0.2) is 0 Å². The quantitative estimate of drug-likeness (QED) is 0.902. The molecule has 116 valence electrons. The summed E-state index contributed by atoms with van der Waals surface area (Å²) in [5.74, 6) is 0.0609. The number of benzene rings is 1. The molecule has 2 aliphatic heterocycles. The van der Waals surface area contributed by atoms with Crippen LogP contribution in [-0.4, -0.2) is 25.2 Å². The van der Waals surface area contributed by atoms with Crippen molar-refractivity contribution >= 4 is 24.0 Å². The molecule has 0 bridgehead atoms. The first-order valence-corrected chi connectivity index (χ1v) is 7.55. The maximum atomic E-state index is 12.0. The fourth-order valence-electron chi connectivity index (χ4n) is 2.94. The van der Waals surface area contributed by atoms with Crippen LogP contribution in [0.3, 0.4) is 0 Å². The smallest absolute Gasteiger partial charge is 0.226 e. The summed E-state index contributed by atoms with van der Waals surface area (Å²) < 4.78 is 5.61. The predicted molar refractivity (Wildman–Crippen MR) is 85.9 cm³/mol. The van der Waals surface area contributed by atoms with Gasteiger partial charge in [0.1, 0.15) is 0 Å². The molecule has 2 N–H and O–H groups in total. The lowest BCUT2D eigenvalue weighted by Crippen LogP contribution is -2.26. The number of hydrogen-bond acceptors (Lipinski definition) is 3. The molecule has 1 aromatic carbocycles. The summed E-state index contributed by atoms with van der Waals surface area (Å²) >= 11 is 0. The Hall–Kier alpha value is -1.10. The van der Waals surface area contributed by atoms with Crippen LogP contribution in [0.15, 0.2) is 18.2 Å². The van der Waals surface area contributed by atoms with Gasteiger partial charge in [-0.2, -0.15) is 0 Å². The third-order valence-electron chi connectivity index (χ3n) is 4.06. The minimum atomic E-state index is 0. The molecular formula is C16H23ClN2O2. The highest BCUT2D eigenvalue weighted by molar-refractivity contribution is 5.91. The second-order valence-corrected chi connectivity index (χ2v) is 5.65. The Labute approximate surface area is 132 Å². The van der Waals surface area contributed by atoms with Gasteiger partial charge in [0, 0.05) is 18.8 Å². The van der Waals surface area contributed by atoms with Gasteiger partial charge in [-0.05, 0) is 55.5 Å². The molecule has 0 radical (unpaired) electrons. The maximum Gasteiger partial charge on any atom is 0.226 e. The van der Waals surface area contributed by atoms with Crippen LogP contribution >= 0.6 is 12.4 Å². The van der Waals surface area contributed by atoms with Crippen LogP contribution in [0.25, 0.3) is 0 Å². The van der Waals surface area contributed by atoms with Gasteiger partial charge < -0.3 is 15.4 Å². The standard InChI is InChI=1S/C16H22N2O2.ClH/c19-16(10-15-3-1-2-8-20-15)18-14-5-4-13-11-17-7-6-12(13)9-14;/h4-5,9,15,17H,1-3,6-8,10-11H2,(H,18,19);1H. The molecule has 1 unspecified atom stereocenters. The highest BCUT2D eigenvalue weighted by Crippen LogP contribution is 2.20. The molecule has 3 rings (SSSR count). The number of halogens is 1. The summed E-state index contributed by atoms with van der Waals surface area (Å²) in [5.41, 5.74) is 3.59. The second-order valence-electron chi connectivity index (χ2n) is 5.65.